The molecule has 1 aliphatic heterocycles. The molecule has 1 saturated heterocycles. The maximum atomic E-state index is 5.62. The van der Waals surface area contributed by atoms with Crippen molar-refractivity contribution >= 4 is 0 Å². The van der Waals surface area contributed by atoms with Crippen LogP contribution in [-0.4, -0.2) is 36.7 Å². The third-order valence-electron chi connectivity index (χ3n) is 2.04. The molecule has 0 bridgehead atoms. The first-order valence-electron chi connectivity index (χ1n) is 4.60. The summed E-state index contributed by atoms with van der Waals surface area (Å²) >= 11 is 0. The molecule has 0 aromatic heterocycles. The van der Waals surface area contributed by atoms with Crippen LogP contribution >= 0.6 is 0 Å². The third kappa shape index (κ3) is 2.80. The lowest BCUT2D eigenvalue weighted by Gasteiger charge is -2.35. The predicted octanol–water partition coefficient (Wildman–Crippen LogP) is 1.51. The molecule has 0 radical (unpaired) electrons. The molecule has 0 spiro atoms. The minimum atomic E-state index is 0.422. The van der Waals surface area contributed by atoms with Crippen molar-refractivity contribution in [1.29, 1.82) is 0 Å². The zero-order chi connectivity index (χ0) is 8.27. The molecule has 0 aromatic carbocycles. The van der Waals surface area contributed by atoms with E-state index in [0.717, 1.165) is 13.1 Å². The Balaban J connectivity index is 2.30. The van der Waals surface area contributed by atoms with Gasteiger partial charge in [-0.15, -0.1) is 0 Å². The second-order valence-corrected chi connectivity index (χ2v) is 3.52. The Labute approximate surface area is 69.5 Å². The van der Waals surface area contributed by atoms with Crippen LogP contribution in [0.3, 0.4) is 0 Å². The van der Waals surface area contributed by atoms with E-state index in [1.54, 1.807) is 0 Å². The number of nitrogens with zero attached hydrogens (tertiary/aromatic N) is 1. The normalized spacial score (nSPS) is 34.1. The monoisotopic (exact) mass is 157 g/mol. The molecule has 0 unspecified atom stereocenters. The fourth-order valence-corrected chi connectivity index (χ4v) is 1.78. The molecule has 0 saturated carbocycles. The Morgan fingerprint density at radius 3 is 2.27 bits per heavy atom. The quantitative estimate of drug-likeness (QED) is 0.602. The highest BCUT2D eigenvalue weighted by Crippen LogP contribution is 2.10. The summed E-state index contributed by atoms with van der Waals surface area (Å²) < 4.78 is 5.62. The van der Waals surface area contributed by atoms with E-state index in [1.165, 1.54) is 13.0 Å². The van der Waals surface area contributed by atoms with Gasteiger partial charge in [-0.2, -0.15) is 0 Å². The molecule has 2 heteroatoms. The summed E-state index contributed by atoms with van der Waals surface area (Å²) in [4.78, 5) is 2.48. The van der Waals surface area contributed by atoms with Gasteiger partial charge in [0.05, 0.1) is 12.2 Å². The van der Waals surface area contributed by atoms with Crippen LogP contribution in [0.25, 0.3) is 0 Å². The Bertz CT molecular complexity index is 106. The van der Waals surface area contributed by atoms with Gasteiger partial charge in [0.25, 0.3) is 0 Å². The fourth-order valence-electron chi connectivity index (χ4n) is 1.78. The van der Waals surface area contributed by atoms with Gasteiger partial charge in [0.15, 0.2) is 0 Å². The van der Waals surface area contributed by atoms with Gasteiger partial charge in [0.2, 0.25) is 0 Å². The molecule has 0 aliphatic carbocycles. The summed E-state index contributed by atoms with van der Waals surface area (Å²) in [5.41, 5.74) is 0. The van der Waals surface area contributed by atoms with Crippen LogP contribution in [0.2, 0.25) is 0 Å². The second kappa shape index (κ2) is 4.07. The van der Waals surface area contributed by atoms with Crippen LogP contribution in [0.15, 0.2) is 0 Å². The van der Waals surface area contributed by atoms with Crippen molar-refractivity contribution < 1.29 is 4.74 Å². The molecule has 1 rings (SSSR count). The summed E-state index contributed by atoms with van der Waals surface area (Å²) in [5, 5.41) is 0. The highest BCUT2D eigenvalue weighted by atomic mass is 16.5. The molecule has 1 aliphatic rings. The molecule has 2 atom stereocenters. The summed E-state index contributed by atoms with van der Waals surface area (Å²) in [6, 6.07) is 0. The van der Waals surface area contributed by atoms with Crippen molar-refractivity contribution in [1.82, 2.24) is 4.90 Å². The van der Waals surface area contributed by atoms with Gasteiger partial charge < -0.3 is 4.74 Å². The summed E-state index contributed by atoms with van der Waals surface area (Å²) in [5.74, 6) is 0. The molecule has 0 amide bonds. The summed E-state index contributed by atoms with van der Waals surface area (Å²) in [6.07, 6.45) is 2.09. The number of hydrogen-bond acceptors (Lipinski definition) is 2. The van der Waals surface area contributed by atoms with Crippen molar-refractivity contribution in [2.24, 2.45) is 0 Å². The Kier molecular flexibility index (Phi) is 3.34. The Morgan fingerprint density at radius 2 is 1.82 bits per heavy atom. The van der Waals surface area contributed by atoms with Crippen LogP contribution in [0.5, 0.6) is 0 Å². The highest BCUT2D eigenvalue weighted by Gasteiger charge is 2.20. The van der Waals surface area contributed by atoms with E-state index in [0.29, 0.717) is 12.2 Å². The third-order valence-corrected chi connectivity index (χ3v) is 2.04. The Morgan fingerprint density at radius 1 is 1.27 bits per heavy atom. The standard InChI is InChI=1S/C9H19NO/c1-4-5-10-6-8(2)11-9(3)7-10/h8-9H,4-7H2,1-3H3/t8-,9-/m1/s1. The topological polar surface area (TPSA) is 12.5 Å². The van der Waals surface area contributed by atoms with Gasteiger partial charge in [-0.1, -0.05) is 6.92 Å². The first kappa shape index (κ1) is 9.01. The maximum Gasteiger partial charge on any atom is 0.0678 e. The van der Waals surface area contributed by atoms with Gasteiger partial charge in [-0.25, -0.2) is 0 Å². The molecular weight excluding hydrogens is 138 g/mol. The van der Waals surface area contributed by atoms with Gasteiger partial charge in [0, 0.05) is 13.1 Å². The highest BCUT2D eigenvalue weighted by molar-refractivity contribution is 4.72. The zero-order valence-electron chi connectivity index (χ0n) is 7.84. The molecule has 66 valence electrons. The molecule has 11 heavy (non-hydrogen) atoms. The van der Waals surface area contributed by atoms with E-state index >= 15 is 0 Å². The van der Waals surface area contributed by atoms with Crippen LogP contribution < -0.4 is 0 Å². The minimum absolute atomic E-state index is 0.422. The van der Waals surface area contributed by atoms with Crippen LogP contribution in [0, 0.1) is 0 Å². The average molecular weight is 157 g/mol. The van der Waals surface area contributed by atoms with Gasteiger partial charge in [-0.05, 0) is 26.8 Å². The number of morpholine rings is 1. The molecule has 2 nitrogen and oxygen atoms in total. The molecule has 0 N–H and O–H groups in total. The summed E-state index contributed by atoms with van der Waals surface area (Å²) in [6.45, 7) is 9.97. The van der Waals surface area contributed by atoms with Crippen LogP contribution in [0.1, 0.15) is 27.2 Å². The zero-order valence-corrected chi connectivity index (χ0v) is 7.84. The first-order chi connectivity index (χ1) is 5.22. The van der Waals surface area contributed by atoms with E-state index in [-0.39, 0.29) is 0 Å². The van der Waals surface area contributed by atoms with Crippen molar-refractivity contribution in [3.05, 3.63) is 0 Å². The predicted molar refractivity (Wildman–Crippen MR) is 46.7 cm³/mol. The fraction of sp³-hybridized carbons (Fsp3) is 1.00. The van der Waals surface area contributed by atoms with Crippen molar-refractivity contribution in [3.63, 3.8) is 0 Å². The number of hydrogen-bond donors (Lipinski definition) is 0. The van der Waals surface area contributed by atoms with Crippen molar-refractivity contribution in [2.45, 2.75) is 39.4 Å². The van der Waals surface area contributed by atoms with E-state index in [1.807, 2.05) is 0 Å². The average Bonchev–Trinajstić information content (AvgIpc) is 1.85. The lowest BCUT2D eigenvalue weighted by molar-refractivity contribution is -0.0677. The van der Waals surface area contributed by atoms with E-state index in [9.17, 15) is 0 Å². The number of rotatable bonds is 2. The minimum Gasteiger partial charge on any atom is -0.373 e. The van der Waals surface area contributed by atoms with Crippen LogP contribution in [-0.2, 0) is 4.74 Å². The van der Waals surface area contributed by atoms with Crippen molar-refractivity contribution in [2.75, 3.05) is 19.6 Å². The summed E-state index contributed by atoms with van der Waals surface area (Å²) in [7, 11) is 0. The lowest BCUT2D eigenvalue weighted by Crippen LogP contribution is -2.45. The van der Waals surface area contributed by atoms with Gasteiger partial charge in [0.1, 0.15) is 0 Å². The molecular formula is C9H19NO. The number of ether oxygens (including phenoxy) is 1. The van der Waals surface area contributed by atoms with Gasteiger partial charge >= 0.3 is 0 Å². The van der Waals surface area contributed by atoms with E-state index in [2.05, 4.69) is 25.7 Å². The smallest absolute Gasteiger partial charge is 0.0678 e. The van der Waals surface area contributed by atoms with Crippen LogP contribution in [0.4, 0.5) is 0 Å². The largest absolute Gasteiger partial charge is 0.373 e. The van der Waals surface area contributed by atoms with Crippen molar-refractivity contribution in [3.8, 4) is 0 Å². The molecule has 1 fully saturated rings. The van der Waals surface area contributed by atoms with E-state index < -0.39 is 0 Å². The van der Waals surface area contributed by atoms with Gasteiger partial charge in [-0.3, -0.25) is 4.90 Å². The first-order valence-corrected chi connectivity index (χ1v) is 4.60. The Hall–Kier alpha value is -0.0800. The molecule has 1 heterocycles. The maximum absolute atomic E-state index is 5.62. The van der Waals surface area contributed by atoms with E-state index in [4.69, 9.17) is 4.74 Å². The molecule has 0 aromatic rings. The second-order valence-electron chi connectivity index (χ2n) is 3.52. The lowest BCUT2D eigenvalue weighted by atomic mass is 10.2. The SMILES string of the molecule is CCCN1C[C@@H](C)O[C@H](C)C1.